The van der Waals surface area contributed by atoms with Crippen LogP contribution in [-0.4, -0.2) is 50.1 Å². The molecule has 0 bridgehead atoms. The number of nitrogens with one attached hydrogen (secondary N) is 1. The van der Waals surface area contributed by atoms with Gasteiger partial charge in [-0.25, -0.2) is 0 Å². The minimum atomic E-state index is -0.318. The summed E-state index contributed by atoms with van der Waals surface area (Å²) in [6.07, 6.45) is 8.48. The Kier molecular flexibility index (Phi) is 12.4. The molecule has 1 aromatic carbocycles. The molecule has 0 fully saturated rings. The third kappa shape index (κ3) is 12.5. The van der Waals surface area contributed by atoms with Crippen LogP contribution in [0.3, 0.4) is 0 Å². The van der Waals surface area contributed by atoms with Crippen LogP contribution in [0.15, 0.2) is 40.9 Å². The number of nitrogens with zero attached hydrogens (tertiary/aromatic N) is 1. The molecule has 172 valence electrons. The van der Waals surface area contributed by atoms with Gasteiger partial charge >= 0.3 is 0 Å². The van der Waals surface area contributed by atoms with Crippen LogP contribution in [0.4, 0.5) is 0 Å². The highest BCUT2D eigenvalue weighted by Crippen LogP contribution is 2.31. The van der Waals surface area contributed by atoms with E-state index in [4.69, 9.17) is 0 Å². The van der Waals surface area contributed by atoms with E-state index in [2.05, 4.69) is 81.3 Å². The Morgan fingerprint density at radius 3 is 2.58 bits per heavy atom. The van der Waals surface area contributed by atoms with Crippen molar-refractivity contribution >= 4 is 34.4 Å². The molecule has 6 heteroatoms. The Balaban J connectivity index is 0.000000592. The summed E-state index contributed by atoms with van der Waals surface area (Å²) in [6, 6.07) is 8.86. The normalized spacial score (nSPS) is 15.9. The van der Waals surface area contributed by atoms with E-state index in [0.717, 1.165) is 45.3 Å². The van der Waals surface area contributed by atoms with E-state index in [0.29, 0.717) is 12.4 Å². The number of rotatable bonds is 10. The largest absolute Gasteiger partial charge is 0.462 e. The first-order valence-electron chi connectivity index (χ1n) is 10.8. The van der Waals surface area contributed by atoms with Crippen molar-refractivity contribution in [2.45, 2.75) is 52.6 Å². The fraction of sp³-hybridized carbons (Fsp3) is 0.520. The summed E-state index contributed by atoms with van der Waals surface area (Å²) in [6.45, 7) is 11.0. The molecule has 0 spiro atoms. The maximum absolute atomic E-state index is 10.2. The Labute approximate surface area is 196 Å². The van der Waals surface area contributed by atoms with E-state index in [1.807, 2.05) is 20.8 Å². The SMILES string of the molecule is CC(C)(C)OC=O.CC1C=C(c2cccc(CCN(C)CCCNC=O)c2)C=C(Br)C1. The molecule has 1 N–H and O–H groups in total. The molecule has 1 aliphatic rings. The topological polar surface area (TPSA) is 58.6 Å². The van der Waals surface area contributed by atoms with Crippen molar-refractivity contribution in [3.05, 3.63) is 52.0 Å². The van der Waals surface area contributed by atoms with E-state index in [1.54, 1.807) is 0 Å². The molecular formula is C25H37BrN2O3. The molecule has 5 nitrogen and oxygen atoms in total. The van der Waals surface area contributed by atoms with Crippen LogP contribution in [0.5, 0.6) is 0 Å². The molecule has 0 aromatic heterocycles. The first kappa shape index (κ1) is 27.1. The molecule has 31 heavy (non-hydrogen) atoms. The number of carbonyl (C=O) groups is 2. The average molecular weight is 493 g/mol. The third-order valence-corrected chi connectivity index (χ3v) is 5.23. The van der Waals surface area contributed by atoms with Crippen molar-refractivity contribution in [2.75, 3.05) is 26.7 Å². The summed E-state index contributed by atoms with van der Waals surface area (Å²) in [4.78, 5) is 22.1. The Morgan fingerprint density at radius 1 is 1.26 bits per heavy atom. The van der Waals surface area contributed by atoms with Gasteiger partial charge in [-0.1, -0.05) is 53.2 Å². The predicted octanol–water partition coefficient (Wildman–Crippen LogP) is 4.96. The summed E-state index contributed by atoms with van der Waals surface area (Å²) in [5.41, 5.74) is 3.67. The molecule has 1 aliphatic carbocycles. The monoisotopic (exact) mass is 492 g/mol. The minimum Gasteiger partial charge on any atom is -0.462 e. The van der Waals surface area contributed by atoms with Crippen LogP contribution in [0.1, 0.15) is 51.7 Å². The summed E-state index contributed by atoms with van der Waals surface area (Å²) >= 11 is 3.66. The summed E-state index contributed by atoms with van der Waals surface area (Å²) < 4.78 is 5.83. The van der Waals surface area contributed by atoms with Crippen molar-refractivity contribution in [1.29, 1.82) is 0 Å². The highest BCUT2D eigenvalue weighted by molar-refractivity contribution is 9.11. The van der Waals surface area contributed by atoms with E-state index in [1.165, 1.54) is 21.2 Å². The number of likely N-dealkylation sites (N-methyl/N-ethyl adjacent to an activating group) is 1. The Morgan fingerprint density at radius 2 is 2.00 bits per heavy atom. The van der Waals surface area contributed by atoms with Crippen molar-refractivity contribution in [1.82, 2.24) is 10.2 Å². The van der Waals surface area contributed by atoms with Gasteiger partial charge in [0.1, 0.15) is 5.60 Å². The highest BCUT2D eigenvalue weighted by Gasteiger charge is 2.11. The lowest BCUT2D eigenvalue weighted by Crippen LogP contribution is -2.25. The van der Waals surface area contributed by atoms with Gasteiger partial charge in [0.05, 0.1) is 0 Å². The highest BCUT2D eigenvalue weighted by atomic mass is 79.9. The van der Waals surface area contributed by atoms with Gasteiger partial charge in [-0.2, -0.15) is 0 Å². The molecule has 1 aromatic rings. The predicted molar refractivity (Wildman–Crippen MR) is 132 cm³/mol. The fourth-order valence-corrected chi connectivity index (χ4v) is 3.88. The minimum absolute atomic E-state index is 0.318. The van der Waals surface area contributed by atoms with E-state index < -0.39 is 0 Å². The van der Waals surface area contributed by atoms with Gasteiger partial charge in [-0.15, -0.1) is 0 Å². The molecule has 1 atom stereocenters. The molecule has 0 saturated heterocycles. The van der Waals surface area contributed by atoms with Gasteiger partial charge in [0.25, 0.3) is 6.47 Å². The maximum Gasteiger partial charge on any atom is 0.293 e. The number of carbonyl (C=O) groups excluding carboxylic acids is 2. The smallest absolute Gasteiger partial charge is 0.293 e. The van der Waals surface area contributed by atoms with Gasteiger partial charge in [0, 0.05) is 13.1 Å². The third-order valence-electron chi connectivity index (χ3n) is 4.68. The maximum atomic E-state index is 10.2. The molecule has 1 amide bonds. The number of ether oxygens (including phenoxy) is 1. The van der Waals surface area contributed by atoms with Crippen LogP contribution in [0.25, 0.3) is 5.57 Å². The lowest BCUT2D eigenvalue weighted by Gasteiger charge is -2.18. The number of benzene rings is 1. The van der Waals surface area contributed by atoms with Gasteiger partial charge in [0.15, 0.2) is 0 Å². The molecule has 0 saturated carbocycles. The summed E-state index contributed by atoms with van der Waals surface area (Å²) in [5.74, 6) is 0.578. The molecule has 2 rings (SSSR count). The number of hydrogen-bond donors (Lipinski definition) is 1. The lowest BCUT2D eigenvalue weighted by atomic mass is 9.92. The first-order valence-corrected chi connectivity index (χ1v) is 11.6. The first-order chi connectivity index (χ1) is 14.6. The fourth-order valence-electron chi connectivity index (χ4n) is 3.12. The zero-order valence-corrected chi connectivity index (χ0v) is 21.1. The summed E-state index contributed by atoms with van der Waals surface area (Å²) in [5, 5.41) is 2.71. The number of halogens is 1. The zero-order chi connectivity index (χ0) is 23.3. The van der Waals surface area contributed by atoms with Crippen molar-refractivity contribution < 1.29 is 14.3 Å². The van der Waals surface area contributed by atoms with Crippen molar-refractivity contribution in [2.24, 2.45) is 5.92 Å². The molecule has 0 heterocycles. The van der Waals surface area contributed by atoms with Gasteiger partial charge in [-0.3, -0.25) is 9.59 Å². The number of amides is 1. The second kappa shape index (κ2) is 14.2. The van der Waals surface area contributed by atoms with E-state index in [-0.39, 0.29) is 5.60 Å². The molecule has 0 radical (unpaired) electrons. The average Bonchev–Trinajstić information content (AvgIpc) is 2.69. The van der Waals surface area contributed by atoms with Gasteiger partial charge in [-0.05, 0) is 86.8 Å². The van der Waals surface area contributed by atoms with Crippen molar-refractivity contribution in [3.8, 4) is 0 Å². The number of hydrogen-bond acceptors (Lipinski definition) is 4. The number of allylic oxidation sites excluding steroid dienone is 4. The molecular weight excluding hydrogens is 456 g/mol. The second-order valence-corrected chi connectivity index (χ2v) is 9.92. The quantitative estimate of drug-likeness (QED) is 0.370. The van der Waals surface area contributed by atoms with E-state index in [9.17, 15) is 9.59 Å². The van der Waals surface area contributed by atoms with Crippen LogP contribution < -0.4 is 5.32 Å². The van der Waals surface area contributed by atoms with Gasteiger partial charge in [0.2, 0.25) is 6.41 Å². The molecule has 1 unspecified atom stereocenters. The Bertz CT molecular complexity index is 753. The van der Waals surface area contributed by atoms with Crippen LogP contribution in [0.2, 0.25) is 0 Å². The van der Waals surface area contributed by atoms with Gasteiger partial charge < -0.3 is 15.0 Å². The van der Waals surface area contributed by atoms with Crippen LogP contribution >= 0.6 is 15.9 Å². The molecule has 0 aliphatic heterocycles. The summed E-state index contributed by atoms with van der Waals surface area (Å²) in [7, 11) is 2.13. The van der Waals surface area contributed by atoms with Crippen molar-refractivity contribution in [3.63, 3.8) is 0 Å². The Hall–Kier alpha value is -1.92. The van der Waals surface area contributed by atoms with Crippen LogP contribution in [-0.2, 0) is 20.7 Å². The zero-order valence-electron chi connectivity index (χ0n) is 19.5. The lowest BCUT2D eigenvalue weighted by molar-refractivity contribution is -0.138. The van der Waals surface area contributed by atoms with E-state index >= 15 is 0 Å². The second-order valence-electron chi connectivity index (χ2n) is 8.90. The van der Waals surface area contributed by atoms with Crippen LogP contribution in [0, 0.1) is 5.92 Å². The standard InChI is InChI=1S/C20H27BrN2O.C5H10O2/c1-16-11-19(14-20(21)12-16)18-6-3-5-17(13-18)7-10-23(2)9-4-8-22-15-24;1-5(2,3)7-4-6/h3,5-6,11,13-16H,4,7-10,12H2,1-2H3,(H,22,24);4H,1-3H3.